The van der Waals surface area contributed by atoms with Gasteiger partial charge in [0.1, 0.15) is 6.54 Å². The third-order valence-corrected chi connectivity index (χ3v) is 4.35. The molecular weight excluding hydrogens is 334 g/mol. The van der Waals surface area contributed by atoms with Crippen molar-refractivity contribution >= 4 is 11.8 Å². The van der Waals surface area contributed by atoms with Gasteiger partial charge >= 0.3 is 0 Å². The molecule has 2 heterocycles. The monoisotopic (exact) mass is 357 g/mol. The van der Waals surface area contributed by atoms with Gasteiger partial charge in [-0.05, 0) is 18.1 Å². The molecular formula is C17H23N7O2. The molecule has 9 nitrogen and oxygen atoms in total. The molecule has 0 bridgehead atoms. The minimum atomic E-state index is -0.192. The molecule has 1 unspecified atom stereocenters. The van der Waals surface area contributed by atoms with Crippen LogP contribution in [0.2, 0.25) is 0 Å². The SMILES string of the molecule is NCCNC(=O)C1CCCN(C(=O)Cn2nnc(-c3ccccc3)n2)C1. The molecule has 0 spiro atoms. The Hall–Kier alpha value is -2.81. The molecule has 3 rings (SSSR count). The summed E-state index contributed by atoms with van der Waals surface area (Å²) in [6.07, 6.45) is 1.58. The first-order valence-corrected chi connectivity index (χ1v) is 8.76. The van der Waals surface area contributed by atoms with Gasteiger partial charge in [0.2, 0.25) is 17.6 Å². The standard InChI is InChI=1S/C17H23N7O2/c18-8-9-19-17(26)14-7-4-10-23(11-14)15(25)12-24-21-16(20-22-24)13-5-2-1-3-6-13/h1-3,5-6,14H,4,7-12,18H2,(H,19,26). The molecule has 1 atom stereocenters. The molecule has 1 saturated heterocycles. The first-order valence-electron chi connectivity index (χ1n) is 8.76. The lowest BCUT2D eigenvalue weighted by atomic mass is 9.97. The Morgan fingerprint density at radius 2 is 2.08 bits per heavy atom. The lowest BCUT2D eigenvalue weighted by Gasteiger charge is -2.31. The van der Waals surface area contributed by atoms with E-state index in [1.807, 2.05) is 30.3 Å². The fourth-order valence-corrected chi connectivity index (χ4v) is 2.99. The van der Waals surface area contributed by atoms with Crippen LogP contribution in [-0.2, 0) is 16.1 Å². The largest absolute Gasteiger partial charge is 0.355 e. The average molecular weight is 357 g/mol. The topological polar surface area (TPSA) is 119 Å². The highest BCUT2D eigenvalue weighted by Gasteiger charge is 2.28. The van der Waals surface area contributed by atoms with Gasteiger partial charge in [0.05, 0.1) is 5.92 Å². The van der Waals surface area contributed by atoms with E-state index in [1.165, 1.54) is 4.80 Å². The van der Waals surface area contributed by atoms with Gasteiger partial charge in [0, 0.05) is 31.7 Å². The number of nitrogens with two attached hydrogens (primary N) is 1. The van der Waals surface area contributed by atoms with E-state index >= 15 is 0 Å². The van der Waals surface area contributed by atoms with Gasteiger partial charge in [-0.1, -0.05) is 30.3 Å². The van der Waals surface area contributed by atoms with Gasteiger partial charge in [0.15, 0.2) is 0 Å². The third-order valence-electron chi connectivity index (χ3n) is 4.35. The summed E-state index contributed by atoms with van der Waals surface area (Å²) in [5, 5.41) is 15.0. The van der Waals surface area contributed by atoms with Crippen molar-refractivity contribution < 1.29 is 9.59 Å². The van der Waals surface area contributed by atoms with Crippen LogP contribution >= 0.6 is 0 Å². The van der Waals surface area contributed by atoms with Crippen LogP contribution in [0.3, 0.4) is 0 Å². The van der Waals surface area contributed by atoms with Crippen LogP contribution in [0, 0.1) is 5.92 Å². The van der Waals surface area contributed by atoms with Crippen LogP contribution in [-0.4, -0.2) is 63.1 Å². The zero-order valence-electron chi connectivity index (χ0n) is 14.5. The highest BCUT2D eigenvalue weighted by atomic mass is 16.2. The number of piperidine rings is 1. The number of hydrogen-bond acceptors (Lipinski definition) is 6. The highest BCUT2D eigenvalue weighted by Crippen LogP contribution is 2.17. The van der Waals surface area contributed by atoms with Gasteiger partial charge < -0.3 is 16.0 Å². The number of carbonyl (C=O) groups excluding carboxylic acids is 2. The maximum Gasteiger partial charge on any atom is 0.246 e. The van der Waals surface area contributed by atoms with Gasteiger partial charge in [-0.25, -0.2) is 0 Å². The molecule has 3 N–H and O–H groups in total. The van der Waals surface area contributed by atoms with Crippen molar-refractivity contribution in [3.63, 3.8) is 0 Å². The summed E-state index contributed by atoms with van der Waals surface area (Å²) < 4.78 is 0. The molecule has 26 heavy (non-hydrogen) atoms. The Bertz CT molecular complexity index is 747. The molecule has 0 radical (unpaired) electrons. The van der Waals surface area contributed by atoms with Crippen molar-refractivity contribution in [1.82, 2.24) is 30.4 Å². The van der Waals surface area contributed by atoms with Gasteiger partial charge in [0.25, 0.3) is 0 Å². The molecule has 1 aromatic heterocycles. The maximum absolute atomic E-state index is 12.5. The number of amides is 2. The van der Waals surface area contributed by atoms with Crippen molar-refractivity contribution in [3.8, 4) is 11.4 Å². The minimum Gasteiger partial charge on any atom is -0.355 e. The van der Waals surface area contributed by atoms with E-state index in [-0.39, 0.29) is 24.3 Å². The highest BCUT2D eigenvalue weighted by molar-refractivity contribution is 5.81. The molecule has 2 amide bonds. The van der Waals surface area contributed by atoms with Crippen molar-refractivity contribution in [2.45, 2.75) is 19.4 Å². The van der Waals surface area contributed by atoms with Crippen molar-refractivity contribution in [1.29, 1.82) is 0 Å². The molecule has 0 aliphatic carbocycles. The van der Waals surface area contributed by atoms with Gasteiger partial charge in [-0.2, -0.15) is 4.80 Å². The molecule has 1 aliphatic rings. The maximum atomic E-state index is 12.5. The molecule has 2 aromatic rings. The van der Waals surface area contributed by atoms with Crippen LogP contribution in [0.4, 0.5) is 0 Å². The zero-order valence-corrected chi connectivity index (χ0v) is 14.5. The van der Waals surface area contributed by atoms with E-state index in [0.717, 1.165) is 18.4 Å². The predicted molar refractivity (Wildman–Crippen MR) is 94.6 cm³/mol. The summed E-state index contributed by atoms with van der Waals surface area (Å²) in [6.45, 7) is 1.92. The number of carbonyl (C=O) groups is 2. The Kier molecular flexibility index (Phi) is 5.90. The van der Waals surface area contributed by atoms with Crippen molar-refractivity contribution in [3.05, 3.63) is 30.3 Å². The summed E-state index contributed by atoms with van der Waals surface area (Å²) in [7, 11) is 0. The molecule has 0 saturated carbocycles. The summed E-state index contributed by atoms with van der Waals surface area (Å²) in [6, 6.07) is 9.47. The summed E-state index contributed by atoms with van der Waals surface area (Å²) in [5.74, 6) is 0.135. The van der Waals surface area contributed by atoms with E-state index < -0.39 is 0 Å². The normalized spacial score (nSPS) is 17.1. The Morgan fingerprint density at radius 3 is 2.85 bits per heavy atom. The van der Waals surface area contributed by atoms with E-state index in [1.54, 1.807) is 4.90 Å². The van der Waals surface area contributed by atoms with Crippen LogP contribution in [0.5, 0.6) is 0 Å². The lowest BCUT2D eigenvalue weighted by Crippen LogP contribution is -2.47. The first kappa shape index (κ1) is 18.0. The van der Waals surface area contributed by atoms with Crippen molar-refractivity contribution in [2.24, 2.45) is 11.7 Å². The quantitative estimate of drug-likeness (QED) is 0.730. The number of nitrogens with one attached hydrogen (secondary N) is 1. The predicted octanol–water partition coefficient (Wildman–Crippen LogP) is -0.346. The number of likely N-dealkylation sites (tertiary alicyclic amines) is 1. The number of nitrogens with zero attached hydrogens (tertiary/aromatic N) is 5. The lowest BCUT2D eigenvalue weighted by molar-refractivity contribution is -0.136. The Morgan fingerprint density at radius 1 is 1.27 bits per heavy atom. The van der Waals surface area contributed by atoms with Crippen LogP contribution < -0.4 is 11.1 Å². The molecule has 138 valence electrons. The number of rotatable bonds is 6. The van der Waals surface area contributed by atoms with E-state index in [0.29, 0.717) is 32.0 Å². The summed E-state index contributed by atoms with van der Waals surface area (Å²) >= 11 is 0. The summed E-state index contributed by atoms with van der Waals surface area (Å²) in [5.41, 5.74) is 6.26. The number of tetrazole rings is 1. The van der Waals surface area contributed by atoms with E-state index in [9.17, 15) is 9.59 Å². The fraction of sp³-hybridized carbons (Fsp3) is 0.471. The molecule has 9 heteroatoms. The molecule has 1 fully saturated rings. The van der Waals surface area contributed by atoms with Gasteiger partial charge in [-0.15, -0.1) is 10.2 Å². The second kappa shape index (κ2) is 8.52. The summed E-state index contributed by atoms with van der Waals surface area (Å²) in [4.78, 5) is 27.6. The second-order valence-corrected chi connectivity index (χ2v) is 6.27. The fourth-order valence-electron chi connectivity index (χ4n) is 2.99. The van der Waals surface area contributed by atoms with E-state index in [4.69, 9.17) is 5.73 Å². The molecule has 1 aliphatic heterocycles. The Labute approximate surface area is 151 Å². The third kappa shape index (κ3) is 4.42. The van der Waals surface area contributed by atoms with Crippen LogP contribution in [0.15, 0.2) is 30.3 Å². The minimum absolute atomic E-state index is 0.0109. The van der Waals surface area contributed by atoms with Gasteiger partial charge in [-0.3, -0.25) is 9.59 Å². The second-order valence-electron chi connectivity index (χ2n) is 6.27. The van der Waals surface area contributed by atoms with Crippen LogP contribution in [0.1, 0.15) is 12.8 Å². The van der Waals surface area contributed by atoms with Crippen LogP contribution in [0.25, 0.3) is 11.4 Å². The number of hydrogen-bond donors (Lipinski definition) is 2. The number of aromatic nitrogens is 4. The van der Waals surface area contributed by atoms with Crippen molar-refractivity contribution in [2.75, 3.05) is 26.2 Å². The Balaban J connectivity index is 1.58. The number of benzene rings is 1. The zero-order chi connectivity index (χ0) is 18.4. The molecule has 1 aromatic carbocycles. The smallest absolute Gasteiger partial charge is 0.246 e. The first-order chi connectivity index (χ1) is 12.7. The average Bonchev–Trinajstić information content (AvgIpc) is 3.15. The van der Waals surface area contributed by atoms with E-state index in [2.05, 4.69) is 20.7 Å².